The molecule has 0 radical (unpaired) electrons. The lowest BCUT2D eigenvalue weighted by Gasteiger charge is -2.27. The molecular formula is C25H30F3N5O2S. The third kappa shape index (κ3) is 6.18. The summed E-state index contributed by atoms with van der Waals surface area (Å²) in [5.74, 6) is -0.166. The molecule has 2 aliphatic rings. The maximum absolute atomic E-state index is 13.7. The number of alkyl halides is 3. The van der Waals surface area contributed by atoms with Gasteiger partial charge in [0.25, 0.3) is 0 Å². The number of benzene rings is 1. The van der Waals surface area contributed by atoms with Crippen LogP contribution in [0.1, 0.15) is 63.6 Å². The molecule has 7 nitrogen and oxygen atoms in total. The number of unbranched alkanes of at least 4 members (excludes halogenated alkanes) is 5. The van der Waals surface area contributed by atoms with Crippen LogP contribution in [0.3, 0.4) is 0 Å². The van der Waals surface area contributed by atoms with Crippen molar-refractivity contribution in [3.05, 3.63) is 40.9 Å². The van der Waals surface area contributed by atoms with E-state index in [1.165, 1.54) is 23.8 Å². The van der Waals surface area contributed by atoms with Crippen LogP contribution in [0, 0.1) is 0 Å². The molecule has 2 amide bonds. The highest BCUT2D eigenvalue weighted by molar-refractivity contribution is 7.13. The number of dihydropyridines is 1. The number of carbonyl (C=O) groups is 1. The standard InChI is InChI=1S/C25H30F3N5O2S/c1-3-4-5-6-7-8-11-35-20-10-9-17(13-18(20)25(26,27)28)30-23-31-19(15-36-23)16-12-21-24(2,29-14-16)33-22(34)32-21/h9-10,12-15,21H,3-8,11H2,1-2H3,(H,30,31)(H2,32,33,34). The van der Waals surface area contributed by atoms with Crippen LogP contribution in [0.2, 0.25) is 0 Å². The average molecular weight is 522 g/mol. The third-order valence-electron chi connectivity index (χ3n) is 6.17. The zero-order valence-electron chi connectivity index (χ0n) is 20.2. The van der Waals surface area contributed by atoms with Crippen molar-refractivity contribution in [3.8, 4) is 5.75 Å². The van der Waals surface area contributed by atoms with E-state index in [0.717, 1.165) is 43.7 Å². The van der Waals surface area contributed by atoms with Gasteiger partial charge in [0.05, 0.1) is 23.9 Å². The molecule has 36 heavy (non-hydrogen) atoms. The topological polar surface area (TPSA) is 87.6 Å². The number of aromatic nitrogens is 1. The number of allylic oxidation sites excluding steroid dienone is 1. The summed E-state index contributed by atoms with van der Waals surface area (Å²) in [6.45, 7) is 4.21. The zero-order valence-corrected chi connectivity index (χ0v) is 21.1. The Morgan fingerprint density at radius 3 is 2.75 bits per heavy atom. The fourth-order valence-electron chi connectivity index (χ4n) is 4.13. The van der Waals surface area contributed by atoms with Gasteiger partial charge in [-0.25, -0.2) is 9.78 Å². The second-order valence-electron chi connectivity index (χ2n) is 9.09. The number of aliphatic imine (C=N–C) groups is 1. The van der Waals surface area contributed by atoms with E-state index in [4.69, 9.17) is 4.74 Å². The van der Waals surface area contributed by atoms with Gasteiger partial charge in [0.1, 0.15) is 5.75 Å². The summed E-state index contributed by atoms with van der Waals surface area (Å²) in [6.07, 6.45) is 5.16. The molecule has 2 aromatic rings. The molecule has 1 aromatic carbocycles. The molecule has 2 unspecified atom stereocenters. The molecule has 0 bridgehead atoms. The van der Waals surface area contributed by atoms with Crippen molar-refractivity contribution in [2.75, 3.05) is 11.9 Å². The second-order valence-corrected chi connectivity index (χ2v) is 9.95. The number of amides is 2. The number of rotatable bonds is 11. The van der Waals surface area contributed by atoms with Gasteiger partial charge in [0.15, 0.2) is 10.8 Å². The molecule has 0 saturated carbocycles. The molecule has 1 aromatic heterocycles. The number of thiazole rings is 1. The first-order chi connectivity index (χ1) is 17.2. The third-order valence-corrected chi connectivity index (χ3v) is 6.93. The molecule has 3 N–H and O–H groups in total. The summed E-state index contributed by atoms with van der Waals surface area (Å²) in [7, 11) is 0. The smallest absolute Gasteiger partial charge is 0.420 e. The number of ether oxygens (including phenoxy) is 1. The Hall–Kier alpha value is -3.08. The number of urea groups is 1. The van der Waals surface area contributed by atoms with Gasteiger partial charge in [0, 0.05) is 22.9 Å². The van der Waals surface area contributed by atoms with Gasteiger partial charge in [-0.1, -0.05) is 39.0 Å². The van der Waals surface area contributed by atoms with Crippen molar-refractivity contribution in [2.24, 2.45) is 4.99 Å². The van der Waals surface area contributed by atoms with Gasteiger partial charge in [-0.3, -0.25) is 4.99 Å². The van der Waals surface area contributed by atoms with Crippen LogP contribution in [-0.2, 0) is 6.18 Å². The van der Waals surface area contributed by atoms with E-state index < -0.39 is 17.4 Å². The first kappa shape index (κ1) is 26.0. The maximum atomic E-state index is 13.7. The van der Waals surface area contributed by atoms with Crippen LogP contribution in [-0.4, -0.2) is 35.5 Å². The number of carbonyl (C=O) groups excluding carboxylic acids is 1. The highest BCUT2D eigenvalue weighted by atomic mass is 32.1. The highest BCUT2D eigenvalue weighted by Crippen LogP contribution is 2.39. The van der Waals surface area contributed by atoms with Gasteiger partial charge in [-0.05, 0) is 37.6 Å². The number of fused-ring (bicyclic) bond motifs is 1. The summed E-state index contributed by atoms with van der Waals surface area (Å²) in [5.41, 5.74) is 0.0388. The molecule has 11 heteroatoms. The summed E-state index contributed by atoms with van der Waals surface area (Å²) < 4.78 is 46.6. The molecule has 2 atom stereocenters. The Morgan fingerprint density at radius 2 is 1.97 bits per heavy atom. The van der Waals surface area contributed by atoms with Gasteiger partial charge in [0.2, 0.25) is 0 Å². The predicted octanol–water partition coefficient (Wildman–Crippen LogP) is 6.51. The first-order valence-corrected chi connectivity index (χ1v) is 13.0. The van der Waals surface area contributed by atoms with E-state index in [1.54, 1.807) is 17.7 Å². The van der Waals surface area contributed by atoms with Gasteiger partial charge in [-0.2, -0.15) is 13.2 Å². The summed E-state index contributed by atoms with van der Waals surface area (Å²) >= 11 is 1.27. The summed E-state index contributed by atoms with van der Waals surface area (Å²) in [4.78, 5) is 20.6. The summed E-state index contributed by atoms with van der Waals surface area (Å²) in [6, 6.07) is 3.34. The molecule has 0 aliphatic carbocycles. The van der Waals surface area contributed by atoms with E-state index >= 15 is 0 Å². The molecule has 1 saturated heterocycles. The minimum atomic E-state index is -4.54. The molecule has 2 aliphatic heterocycles. The predicted molar refractivity (Wildman–Crippen MR) is 136 cm³/mol. The van der Waals surface area contributed by atoms with Gasteiger partial charge in [-0.15, -0.1) is 11.3 Å². The van der Waals surface area contributed by atoms with Crippen LogP contribution < -0.4 is 20.7 Å². The fourth-order valence-corrected chi connectivity index (χ4v) is 4.87. The van der Waals surface area contributed by atoms with E-state index in [1.807, 2.05) is 13.0 Å². The van der Waals surface area contributed by atoms with Crippen LogP contribution in [0.25, 0.3) is 5.57 Å². The fraction of sp³-hybridized carbons (Fsp3) is 0.480. The molecule has 1 fully saturated rings. The second kappa shape index (κ2) is 10.9. The quantitative estimate of drug-likeness (QED) is 0.294. The van der Waals surface area contributed by atoms with E-state index in [9.17, 15) is 18.0 Å². The van der Waals surface area contributed by atoms with Crippen molar-refractivity contribution in [3.63, 3.8) is 0 Å². The summed E-state index contributed by atoms with van der Waals surface area (Å²) in [5, 5.41) is 10.7. The molecule has 3 heterocycles. The van der Waals surface area contributed by atoms with Crippen LogP contribution in [0.5, 0.6) is 5.75 Å². The lowest BCUT2D eigenvalue weighted by Crippen LogP contribution is -2.45. The van der Waals surface area contributed by atoms with Crippen molar-refractivity contribution in [2.45, 2.75) is 70.3 Å². The monoisotopic (exact) mass is 521 g/mol. The first-order valence-electron chi connectivity index (χ1n) is 12.1. The number of nitrogens with one attached hydrogen (secondary N) is 3. The lowest BCUT2D eigenvalue weighted by molar-refractivity contribution is -0.138. The number of hydrogen-bond acceptors (Lipinski definition) is 6. The van der Waals surface area contributed by atoms with Crippen molar-refractivity contribution >= 4 is 40.0 Å². The van der Waals surface area contributed by atoms with Crippen molar-refractivity contribution in [1.82, 2.24) is 15.6 Å². The van der Waals surface area contributed by atoms with Gasteiger partial charge < -0.3 is 20.7 Å². The zero-order chi connectivity index (χ0) is 25.8. The minimum absolute atomic E-state index is 0.166. The van der Waals surface area contributed by atoms with Crippen molar-refractivity contribution in [1.29, 1.82) is 0 Å². The number of nitrogens with zero attached hydrogens (tertiary/aromatic N) is 2. The maximum Gasteiger partial charge on any atom is 0.420 e. The van der Waals surface area contributed by atoms with Gasteiger partial charge >= 0.3 is 12.2 Å². The van der Waals surface area contributed by atoms with E-state index in [0.29, 0.717) is 10.8 Å². The molecule has 4 rings (SSSR count). The van der Waals surface area contributed by atoms with Crippen LogP contribution in [0.4, 0.5) is 28.8 Å². The Kier molecular flexibility index (Phi) is 7.87. The van der Waals surface area contributed by atoms with E-state index in [2.05, 4.69) is 32.9 Å². The van der Waals surface area contributed by atoms with Crippen molar-refractivity contribution < 1.29 is 22.7 Å². The van der Waals surface area contributed by atoms with E-state index in [-0.39, 0.29) is 30.1 Å². The normalized spacial score (nSPS) is 21.0. The Labute approximate surface area is 212 Å². The minimum Gasteiger partial charge on any atom is -0.493 e. The Balaban J connectivity index is 1.40. The SMILES string of the molecule is CCCCCCCCOc1ccc(Nc2nc(C3=CC4NC(=O)NC4(C)N=C3)cs2)cc1C(F)(F)F. The Bertz CT molecular complexity index is 1150. The van der Waals surface area contributed by atoms with Crippen LogP contribution >= 0.6 is 11.3 Å². The Morgan fingerprint density at radius 1 is 1.19 bits per heavy atom. The largest absolute Gasteiger partial charge is 0.493 e. The number of halogens is 3. The molecule has 0 spiro atoms. The highest BCUT2D eigenvalue weighted by Gasteiger charge is 2.43. The number of anilines is 2. The average Bonchev–Trinajstić information content (AvgIpc) is 3.40. The number of hydrogen-bond donors (Lipinski definition) is 3. The van der Waals surface area contributed by atoms with Crippen LogP contribution in [0.15, 0.2) is 34.6 Å². The lowest BCUT2D eigenvalue weighted by atomic mass is 9.98. The molecular weight excluding hydrogens is 491 g/mol. The molecule has 194 valence electrons.